The van der Waals surface area contributed by atoms with Crippen molar-refractivity contribution in [3.63, 3.8) is 0 Å². The molecule has 0 spiro atoms. The Kier molecular flexibility index (Phi) is 2.87. The van der Waals surface area contributed by atoms with Crippen LogP contribution in [0.25, 0.3) is 0 Å². The van der Waals surface area contributed by atoms with Gasteiger partial charge in [0.1, 0.15) is 0 Å². The molecular formula is C7H7NO2S2. The van der Waals surface area contributed by atoms with Crippen molar-refractivity contribution in [1.29, 1.82) is 0 Å². The van der Waals surface area contributed by atoms with E-state index < -0.39 is 10.0 Å². The molecule has 0 atom stereocenters. The van der Waals surface area contributed by atoms with E-state index in [4.69, 9.17) is 6.42 Å². The van der Waals surface area contributed by atoms with Crippen LogP contribution in [-0.4, -0.2) is 15.0 Å². The van der Waals surface area contributed by atoms with Crippen molar-refractivity contribution >= 4 is 21.4 Å². The third-order valence-corrected chi connectivity index (χ3v) is 3.40. The Morgan fingerprint density at radius 2 is 2.42 bits per heavy atom. The van der Waals surface area contributed by atoms with E-state index in [1.54, 1.807) is 10.8 Å². The fraction of sp³-hybridized carbons (Fsp3) is 0.143. The zero-order chi connectivity index (χ0) is 9.03. The van der Waals surface area contributed by atoms with E-state index in [9.17, 15) is 8.42 Å². The first-order valence-corrected chi connectivity index (χ1v) is 5.55. The quantitative estimate of drug-likeness (QED) is 0.730. The molecule has 0 aliphatic rings. The first-order valence-electron chi connectivity index (χ1n) is 3.12. The molecule has 0 aliphatic carbocycles. The van der Waals surface area contributed by atoms with Crippen LogP contribution in [0.1, 0.15) is 0 Å². The molecule has 3 nitrogen and oxygen atoms in total. The van der Waals surface area contributed by atoms with Gasteiger partial charge in [0.25, 0.3) is 0 Å². The largest absolute Gasteiger partial charge is 0.242 e. The molecule has 1 N–H and O–H groups in total. The molecule has 1 aromatic heterocycles. The minimum absolute atomic E-state index is 0.0260. The number of sulfonamides is 1. The molecule has 0 saturated heterocycles. The van der Waals surface area contributed by atoms with Gasteiger partial charge in [-0.1, -0.05) is 5.92 Å². The molecule has 1 rings (SSSR count). The van der Waals surface area contributed by atoms with Crippen LogP contribution < -0.4 is 4.72 Å². The van der Waals surface area contributed by atoms with Gasteiger partial charge in [-0.05, 0) is 11.4 Å². The van der Waals surface area contributed by atoms with E-state index in [0.717, 1.165) is 0 Å². The lowest BCUT2D eigenvalue weighted by Gasteiger charge is -1.98. The monoisotopic (exact) mass is 201 g/mol. The third-order valence-electron chi connectivity index (χ3n) is 1.17. The Morgan fingerprint density at radius 1 is 1.67 bits per heavy atom. The third kappa shape index (κ3) is 2.08. The number of hydrogen-bond acceptors (Lipinski definition) is 3. The number of terminal acetylenes is 1. The summed E-state index contributed by atoms with van der Waals surface area (Å²) in [5.41, 5.74) is 0. The smallest absolute Gasteiger partial charge is 0.207 e. The topological polar surface area (TPSA) is 46.2 Å². The van der Waals surface area contributed by atoms with Gasteiger partial charge in [0.05, 0.1) is 11.4 Å². The van der Waals surface area contributed by atoms with Gasteiger partial charge in [-0.15, -0.1) is 6.42 Å². The van der Waals surface area contributed by atoms with Crippen LogP contribution >= 0.6 is 11.3 Å². The molecule has 12 heavy (non-hydrogen) atoms. The van der Waals surface area contributed by atoms with Gasteiger partial charge < -0.3 is 0 Å². The van der Waals surface area contributed by atoms with Gasteiger partial charge in [0.15, 0.2) is 0 Å². The van der Waals surface area contributed by atoms with Gasteiger partial charge in [0.2, 0.25) is 10.0 Å². The maximum atomic E-state index is 11.3. The number of thiophene rings is 1. The molecule has 0 bridgehead atoms. The zero-order valence-corrected chi connectivity index (χ0v) is 7.78. The summed E-state index contributed by atoms with van der Waals surface area (Å²) in [6.07, 6.45) is 4.91. The Balaban J connectivity index is 2.83. The number of hydrogen-bond donors (Lipinski definition) is 1. The molecule has 1 aromatic rings. The molecule has 0 saturated carbocycles. The van der Waals surface area contributed by atoms with Crippen LogP contribution in [0.2, 0.25) is 0 Å². The van der Waals surface area contributed by atoms with E-state index >= 15 is 0 Å². The normalized spacial score (nSPS) is 10.9. The van der Waals surface area contributed by atoms with Crippen molar-refractivity contribution in [3.8, 4) is 12.3 Å². The lowest BCUT2D eigenvalue weighted by molar-refractivity contribution is 0.586. The average Bonchev–Trinajstić information content (AvgIpc) is 2.53. The molecule has 0 unspecified atom stereocenters. The fourth-order valence-electron chi connectivity index (χ4n) is 0.625. The van der Waals surface area contributed by atoms with Gasteiger partial charge >= 0.3 is 0 Å². The molecule has 1 heterocycles. The second kappa shape index (κ2) is 3.72. The highest BCUT2D eigenvalue weighted by atomic mass is 32.2. The van der Waals surface area contributed by atoms with Crippen LogP contribution in [0.5, 0.6) is 0 Å². The Bertz CT molecular complexity index is 372. The van der Waals surface area contributed by atoms with Crippen molar-refractivity contribution < 1.29 is 8.42 Å². The molecule has 0 aromatic carbocycles. The molecule has 0 aliphatic heterocycles. The second-order valence-corrected chi connectivity index (χ2v) is 4.53. The zero-order valence-electron chi connectivity index (χ0n) is 6.15. The maximum absolute atomic E-state index is 11.3. The predicted octanol–water partition coefficient (Wildman–Crippen LogP) is 0.660. The van der Waals surface area contributed by atoms with Gasteiger partial charge in [0, 0.05) is 5.38 Å². The van der Waals surface area contributed by atoms with E-state index in [0.29, 0.717) is 0 Å². The predicted molar refractivity (Wildman–Crippen MR) is 48.3 cm³/mol. The lowest BCUT2D eigenvalue weighted by Crippen LogP contribution is -2.23. The van der Waals surface area contributed by atoms with Crippen LogP contribution in [0.15, 0.2) is 21.7 Å². The van der Waals surface area contributed by atoms with Gasteiger partial charge in [-0.3, -0.25) is 0 Å². The highest BCUT2D eigenvalue weighted by molar-refractivity contribution is 7.89. The van der Waals surface area contributed by atoms with Crippen LogP contribution in [0, 0.1) is 12.3 Å². The lowest BCUT2D eigenvalue weighted by atomic mass is 10.7. The number of rotatable bonds is 3. The SMILES string of the molecule is C#CCNS(=O)(=O)c1ccsc1. The van der Waals surface area contributed by atoms with Crippen molar-refractivity contribution in [3.05, 3.63) is 16.8 Å². The molecule has 0 fully saturated rings. The van der Waals surface area contributed by atoms with E-state index in [2.05, 4.69) is 10.6 Å². The highest BCUT2D eigenvalue weighted by Crippen LogP contribution is 2.11. The molecular weight excluding hydrogens is 194 g/mol. The highest BCUT2D eigenvalue weighted by Gasteiger charge is 2.11. The van der Waals surface area contributed by atoms with Crippen LogP contribution in [0.3, 0.4) is 0 Å². The van der Waals surface area contributed by atoms with E-state index in [1.807, 2.05) is 0 Å². The second-order valence-electron chi connectivity index (χ2n) is 1.99. The van der Waals surface area contributed by atoms with Crippen LogP contribution in [0.4, 0.5) is 0 Å². The summed E-state index contributed by atoms with van der Waals surface area (Å²) in [6, 6.07) is 1.53. The first-order chi connectivity index (χ1) is 5.67. The summed E-state index contributed by atoms with van der Waals surface area (Å²) >= 11 is 1.33. The molecule has 5 heteroatoms. The molecule has 64 valence electrons. The fourth-order valence-corrected chi connectivity index (χ4v) is 2.59. The minimum atomic E-state index is -3.36. The Hall–Kier alpha value is -0.830. The summed E-state index contributed by atoms with van der Waals surface area (Å²) in [5.74, 6) is 2.20. The summed E-state index contributed by atoms with van der Waals surface area (Å²) in [7, 11) is -3.36. The van der Waals surface area contributed by atoms with Gasteiger partial charge in [-0.2, -0.15) is 16.1 Å². The van der Waals surface area contributed by atoms with Crippen molar-refractivity contribution in [1.82, 2.24) is 4.72 Å². The maximum Gasteiger partial charge on any atom is 0.242 e. The van der Waals surface area contributed by atoms with E-state index in [-0.39, 0.29) is 11.4 Å². The minimum Gasteiger partial charge on any atom is -0.207 e. The molecule has 0 radical (unpaired) electrons. The summed E-state index contributed by atoms with van der Waals surface area (Å²) in [5, 5.41) is 3.25. The molecule has 0 amide bonds. The summed E-state index contributed by atoms with van der Waals surface area (Å²) in [4.78, 5) is 0.266. The van der Waals surface area contributed by atoms with Crippen molar-refractivity contribution in [2.45, 2.75) is 4.90 Å². The van der Waals surface area contributed by atoms with Crippen LogP contribution in [-0.2, 0) is 10.0 Å². The summed E-state index contributed by atoms with van der Waals surface area (Å²) in [6.45, 7) is 0.0260. The summed E-state index contributed by atoms with van der Waals surface area (Å²) < 4.78 is 24.8. The Morgan fingerprint density at radius 3 is 2.92 bits per heavy atom. The van der Waals surface area contributed by atoms with Gasteiger partial charge in [-0.25, -0.2) is 8.42 Å². The standard InChI is InChI=1S/C7H7NO2S2/c1-2-4-8-12(9,10)7-3-5-11-6-7/h1,3,5-6,8H,4H2. The Labute approximate surface area is 75.5 Å². The van der Waals surface area contributed by atoms with E-state index in [1.165, 1.54) is 17.4 Å². The van der Waals surface area contributed by atoms with Crippen molar-refractivity contribution in [2.24, 2.45) is 0 Å². The van der Waals surface area contributed by atoms with Crippen molar-refractivity contribution in [2.75, 3.05) is 6.54 Å². The average molecular weight is 201 g/mol. The number of nitrogens with one attached hydrogen (secondary N) is 1. The first kappa shape index (κ1) is 9.26.